The first kappa shape index (κ1) is 22.1. The number of benzene rings is 1. The van der Waals surface area contributed by atoms with E-state index < -0.39 is 0 Å². The predicted molar refractivity (Wildman–Crippen MR) is 119 cm³/mol. The van der Waals surface area contributed by atoms with Gasteiger partial charge in [0.15, 0.2) is 0 Å². The third-order valence-corrected chi connectivity index (χ3v) is 7.18. The number of likely N-dealkylation sites (tertiary alicyclic amines) is 1. The molecule has 1 unspecified atom stereocenters. The van der Waals surface area contributed by atoms with Gasteiger partial charge in [0.1, 0.15) is 5.75 Å². The smallest absolute Gasteiger partial charge is 0.223 e. The normalized spacial score (nSPS) is 22.9. The number of hydrogen-bond donors (Lipinski definition) is 1. The van der Waals surface area contributed by atoms with Crippen LogP contribution in [0.25, 0.3) is 0 Å². The van der Waals surface area contributed by atoms with Crippen molar-refractivity contribution in [2.75, 3.05) is 33.4 Å². The van der Waals surface area contributed by atoms with Crippen LogP contribution in [-0.2, 0) is 20.7 Å². The first-order valence-corrected chi connectivity index (χ1v) is 11.9. The number of carbonyl (C=O) groups excluding carboxylic acids is 2. The monoisotopic (exact) mass is 428 g/mol. The molecular formula is C25H36N2O4. The Labute approximate surface area is 185 Å². The predicted octanol–water partition coefficient (Wildman–Crippen LogP) is 3.33. The van der Waals surface area contributed by atoms with E-state index in [1.165, 1.54) is 0 Å². The average Bonchev–Trinajstić information content (AvgIpc) is 3.64. The fraction of sp³-hybridized carbons (Fsp3) is 0.680. The topological polar surface area (TPSA) is 67.9 Å². The van der Waals surface area contributed by atoms with Crippen molar-refractivity contribution in [1.82, 2.24) is 10.2 Å². The van der Waals surface area contributed by atoms with Crippen LogP contribution in [0.2, 0.25) is 0 Å². The summed E-state index contributed by atoms with van der Waals surface area (Å²) >= 11 is 0. The lowest BCUT2D eigenvalue weighted by Crippen LogP contribution is -2.51. The zero-order valence-electron chi connectivity index (χ0n) is 18.7. The molecule has 1 spiro atoms. The molecule has 1 aromatic carbocycles. The molecule has 3 fully saturated rings. The summed E-state index contributed by atoms with van der Waals surface area (Å²) < 4.78 is 11.5. The maximum atomic E-state index is 12.7. The molecule has 1 aliphatic carbocycles. The molecular weight excluding hydrogens is 392 g/mol. The number of piperidine rings is 1. The Morgan fingerprint density at radius 1 is 1.23 bits per heavy atom. The summed E-state index contributed by atoms with van der Waals surface area (Å²) in [5, 5.41) is 3.10. The number of hydrogen-bond acceptors (Lipinski definition) is 4. The largest absolute Gasteiger partial charge is 0.497 e. The van der Waals surface area contributed by atoms with E-state index >= 15 is 0 Å². The lowest BCUT2D eigenvalue weighted by atomic mass is 9.78. The second-order valence-electron chi connectivity index (χ2n) is 9.48. The van der Waals surface area contributed by atoms with Crippen LogP contribution < -0.4 is 10.1 Å². The zero-order chi connectivity index (χ0) is 21.7. The summed E-state index contributed by atoms with van der Waals surface area (Å²) in [6.45, 7) is 3.14. The molecule has 2 amide bonds. The molecule has 6 nitrogen and oxygen atoms in total. The summed E-state index contributed by atoms with van der Waals surface area (Å²) in [7, 11) is 1.66. The molecule has 3 aliphatic rings. The summed E-state index contributed by atoms with van der Waals surface area (Å²) in [6.07, 6.45) is 8.38. The van der Waals surface area contributed by atoms with Crippen molar-refractivity contribution in [2.24, 2.45) is 11.8 Å². The van der Waals surface area contributed by atoms with Crippen molar-refractivity contribution in [3.8, 4) is 5.75 Å². The van der Waals surface area contributed by atoms with Crippen LogP contribution in [0.4, 0.5) is 0 Å². The van der Waals surface area contributed by atoms with E-state index in [1.807, 2.05) is 29.2 Å². The molecule has 0 radical (unpaired) electrons. The number of amides is 2. The van der Waals surface area contributed by atoms with Gasteiger partial charge in [-0.25, -0.2) is 0 Å². The van der Waals surface area contributed by atoms with Crippen molar-refractivity contribution in [3.05, 3.63) is 29.8 Å². The van der Waals surface area contributed by atoms with E-state index in [0.717, 1.165) is 88.9 Å². The van der Waals surface area contributed by atoms with Crippen LogP contribution in [0.15, 0.2) is 24.3 Å². The van der Waals surface area contributed by atoms with E-state index in [9.17, 15) is 9.59 Å². The minimum atomic E-state index is -0.0764. The third kappa shape index (κ3) is 6.00. The van der Waals surface area contributed by atoms with E-state index in [4.69, 9.17) is 9.47 Å². The summed E-state index contributed by atoms with van der Waals surface area (Å²) in [6, 6.07) is 7.94. The lowest BCUT2D eigenvalue weighted by molar-refractivity contribution is -0.147. The van der Waals surface area contributed by atoms with Crippen LogP contribution in [0.5, 0.6) is 5.75 Å². The van der Waals surface area contributed by atoms with Crippen LogP contribution >= 0.6 is 0 Å². The molecule has 1 aromatic rings. The quantitative estimate of drug-likeness (QED) is 0.690. The van der Waals surface area contributed by atoms with E-state index in [-0.39, 0.29) is 23.3 Å². The third-order valence-electron chi connectivity index (χ3n) is 7.18. The standard InChI is InChI=1S/C25H36N2O4/c1-30-22-4-2-3-19(17-22)5-8-23(28)27-14-11-25(12-15-27)18-20(10-16-31-25)9-13-26-24(29)21-6-7-21/h2-4,17,20-21H,5-16,18H2,1H3,(H,26,29). The molecule has 0 bridgehead atoms. The van der Waals surface area contributed by atoms with Gasteiger partial charge in [-0.3, -0.25) is 9.59 Å². The van der Waals surface area contributed by atoms with Crippen molar-refractivity contribution in [1.29, 1.82) is 0 Å². The van der Waals surface area contributed by atoms with Gasteiger partial charge in [0.05, 0.1) is 12.7 Å². The Balaban J connectivity index is 1.19. The Morgan fingerprint density at radius 2 is 2.03 bits per heavy atom. The summed E-state index contributed by atoms with van der Waals surface area (Å²) in [4.78, 5) is 26.6. The molecule has 6 heteroatoms. The van der Waals surface area contributed by atoms with Crippen LogP contribution in [0.1, 0.15) is 56.9 Å². The van der Waals surface area contributed by atoms with Crippen LogP contribution in [0, 0.1) is 11.8 Å². The van der Waals surface area contributed by atoms with Gasteiger partial charge in [0.2, 0.25) is 11.8 Å². The fourth-order valence-corrected chi connectivity index (χ4v) is 5.01. The van der Waals surface area contributed by atoms with Crippen molar-refractivity contribution in [3.63, 3.8) is 0 Å². The van der Waals surface area contributed by atoms with Gasteiger partial charge >= 0.3 is 0 Å². The van der Waals surface area contributed by atoms with Crippen molar-refractivity contribution < 1.29 is 19.1 Å². The molecule has 4 rings (SSSR count). The SMILES string of the molecule is COc1cccc(CCC(=O)N2CCC3(CC2)CC(CCNC(=O)C2CC2)CCO3)c1. The van der Waals surface area contributed by atoms with Gasteiger partial charge in [-0.2, -0.15) is 0 Å². The molecule has 2 heterocycles. The highest BCUT2D eigenvalue weighted by Crippen LogP contribution is 2.39. The number of nitrogens with one attached hydrogen (secondary N) is 1. The first-order valence-electron chi connectivity index (χ1n) is 11.9. The van der Waals surface area contributed by atoms with Gasteiger partial charge in [0, 0.05) is 38.6 Å². The number of methoxy groups -OCH3 is 1. The maximum Gasteiger partial charge on any atom is 0.223 e. The zero-order valence-corrected chi connectivity index (χ0v) is 18.7. The highest BCUT2D eigenvalue weighted by Gasteiger charge is 2.41. The van der Waals surface area contributed by atoms with Crippen molar-refractivity contribution in [2.45, 2.75) is 63.4 Å². The lowest BCUT2D eigenvalue weighted by Gasteiger charge is -2.46. The molecule has 1 saturated carbocycles. The Morgan fingerprint density at radius 3 is 2.77 bits per heavy atom. The summed E-state index contributed by atoms with van der Waals surface area (Å²) in [5.74, 6) is 2.19. The van der Waals surface area contributed by atoms with E-state index in [0.29, 0.717) is 12.3 Å². The Bertz CT molecular complexity index is 769. The molecule has 2 saturated heterocycles. The van der Waals surface area contributed by atoms with Gasteiger partial charge in [-0.05, 0) is 75.0 Å². The fourth-order valence-electron chi connectivity index (χ4n) is 5.01. The molecule has 1 N–H and O–H groups in total. The van der Waals surface area contributed by atoms with Crippen molar-refractivity contribution >= 4 is 11.8 Å². The van der Waals surface area contributed by atoms with E-state index in [2.05, 4.69) is 5.32 Å². The molecule has 2 aliphatic heterocycles. The van der Waals surface area contributed by atoms with Crippen LogP contribution in [0.3, 0.4) is 0 Å². The molecule has 31 heavy (non-hydrogen) atoms. The second kappa shape index (κ2) is 10.0. The molecule has 0 aromatic heterocycles. The molecule has 1 atom stereocenters. The highest BCUT2D eigenvalue weighted by atomic mass is 16.5. The van der Waals surface area contributed by atoms with Gasteiger partial charge in [0.25, 0.3) is 0 Å². The number of rotatable bonds is 8. The minimum Gasteiger partial charge on any atom is -0.497 e. The van der Waals surface area contributed by atoms with E-state index in [1.54, 1.807) is 7.11 Å². The number of nitrogens with zero attached hydrogens (tertiary/aromatic N) is 1. The van der Waals surface area contributed by atoms with Gasteiger partial charge in [-0.1, -0.05) is 12.1 Å². The van der Waals surface area contributed by atoms with Gasteiger partial charge < -0.3 is 19.7 Å². The highest BCUT2D eigenvalue weighted by molar-refractivity contribution is 5.80. The Hall–Kier alpha value is -2.08. The first-order chi connectivity index (χ1) is 15.1. The summed E-state index contributed by atoms with van der Waals surface area (Å²) in [5.41, 5.74) is 1.06. The number of carbonyl (C=O) groups is 2. The van der Waals surface area contributed by atoms with Crippen LogP contribution in [-0.4, -0.2) is 55.7 Å². The number of ether oxygens (including phenoxy) is 2. The average molecular weight is 429 g/mol. The Kier molecular flexibility index (Phi) is 7.16. The maximum absolute atomic E-state index is 12.7. The second-order valence-corrected chi connectivity index (χ2v) is 9.48. The number of aryl methyl sites for hydroxylation is 1. The van der Waals surface area contributed by atoms with Gasteiger partial charge in [-0.15, -0.1) is 0 Å². The molecule has 170 valence electrons. The minimum absolute atomic E-state index is 0.0764.